The summed E-state index contributed by atoms with van der Waals surface area (Å²) >= 11 is 25.3. The first-order chi connectivity index (χ1) is 14.0. The van der Waals surface area contributed by atoms with Crippen LogP contribution in [0.1, 0.15) is 32.3 Å². The van der Waals surface area contributed by atoms with Crippen LogP contribution in [-0.2, 0) is 0 Å². The third kappa shape index (κ3) is 11.0. The highest BCUT2D eigenvalue weighted by molar-refractivity contribution is 7.67. The first-order valence-electron chi connectivity index (χ1n) is 10.9. The van der Waals surface area contributed by atoms with Crippen LogP contribution < -0.4 is 4.43 Å². The Labute approximate surface area is 214 Å². The van der Waals surface area contributed by atoms with Crippen molar-refractivity contribution in [2.24, 2.45) is 5.41 Å². The maximum atomic E-state index is 6.46. The fourth-order valence-electron chi connectivity index (χ4n) is 3.63. The van der Waals surface area contributed by atoms with Gasteiger partial charge in [0.15, 0.2) is 0 Å². The largest absolute Gasteiger partial charge is 0.544 e. The van der Waals surface area contributed by atoms with Crippen molar-refractivity contribution in [2.45, 2.75) is 71.0 Å². The van der Waals surface area contributed by atoms with E-state index in [0.29, 0.717) is 11.5 Å². The SMILES string of the molecule is CC(C[Si](C)(Cl)Cl)c1cccc(O[Si](C)(C)C)c1.C[SiH2][Si](Cl)(Cl)C1C=CC=CC1(C)C. The monoisotopic (exact) mass is 570 g/mol. The van der Waals surface area contributed by atoms with Crippen molar-refractivity contribution in [1.82, 2.24) is 0 Å². The maximum absolute atomic E-state index is 6.46. The molecule has 0 amide bonds. The highest BCUT2D eigenvalue weighted by Gasteiger charge is 2.43. The summed E-state index contributed by atoms with van der Waals surface area (Å²) in [7, 11) is -1.83. The second kappa shape index (κ2) is 11.8. The number of benzene rings is 1. The lowest BCUT2D eigenvalue weighted by atomic mass is 9.85. The fourth-order valence-corrected chi connectivity index (χ4v) is 14.6. The van der Waals surface area contributed by atoms with Gasteiger partial charge in [0.2, 0.25) is 21.2 Å². The molecule has 1 nitrogen and oxygen atoms in total. The van der Waals surface area contributed by atoms with Gasteiger partial charge in [-0.25, -0.2) is 0 Å². The lowest BCUT2D eigenvalue weighted by molar-refractivity contribution is 0.480. The predicted octanol–water partition coefficient (Wildman–Crippen LogP) is 8.70. The van der Waals surface area contributed by atoms with Crippen LogP contribution in [0.3, 0.4) is 0 Å². The minimum atomic E-state index is -2.05. The number of rotatable bonds is 7. The second-order valence-corrected chi connectivity index (χ2v) is 38.3. The van der Waals surface area contributed by atoms with Crippen LogP contribution in [0.15, 0.2) is 48.6 Å². The molecule has 1 aromatic carbocycles. The van der Waals surface area contributed by atoms with Gasteiger partial charge in [0, 0.05) is 14.6 Å². The van der Waals surface area contributed by atoms with Crippen LogP contribution in [0.5, 0.6) is 5.75 Å². The lowest BCUT2D eigenvalue weighted by Gasteiger charge is -2.37. The Morgan fingerprint density at radius 3 is 2.16 bits per heavy atom. The summed E-state index contributed by atoms with van der Waals surface area (Å²) in [4.78, 5) is 0. The first kappa shape index (κ1) is 29.6. The van der Waals surface area contributed by atoms with Crippen molar-refractivity contribution >= 4 is 74.6 Å². The lowest BCUT2D eigenvalue weighted by Crippen LogP contribution is -2.40. The summed E-state index contributed by atoms with van der Waals surface area (Å²) in [6, 6.07) is 9.17. The van der Waals surface area contributed by atoms with Gasteiger partial charge < -0.3 is 4.43 Å². The molecule has 176 valence electrons. The van der Waals surface area contributed by atoms with E-state index in [1.54, 1.807) is 0 Å². The van der Waals surface area contributed by atoms with Crippen molar-refractivity contribution in [3.8, 4) is 5.75 Å². The number of hydrogen-bond donors (Lipinski definition) is 0. The fraction of sp³-hybridized carbons (Fsp3) is 0.545. The number of halogens is 4. The zero-order chi connectivity index (χ0) is 24.1. The van der Waals surface area contributed by atoms with Crippen LogP contribution in [0, 0.1) is 5.41 Å². The van der Waals surface area contributed by atoms with Gasteiger partial charge in [0.1, 0.15) is 5.75 Å². The Kier molecular flexibility index (Phi) is 11.2. The van der Waals surface area contributed by atoms with E-state index in [1.807, 2.05) is 18.7 Å². The van der Waals surface area contributed by atoms with E-state index in [1.165, 1.54) is 5.56 Å². The van der Waals surface area contributed by atoms with E-state index in [9.17, 15) is 0 Å². The maximum Gasteiger partial charge on any atom is 0.249 e. The Bertz CT molecular complexity index is 768. The Morgan fingerprint density at radius 2 is 1.68 bits per heavy atom. The molecule has 0 saturated carbocycles. The Hall–Kier alpha value is 0.528. The molecule has 0 heterocycles. The van der Waals surface area contributed by atoms with Crippen LogP contribution in [0.4, 0.5) is 0 Å². The van der Waals surface area contributed by atoms with Gasteiger partial charge in [0.05, 0.1) is 0 Å². The van der Waals surface area contributed by atoms with E-state index in [2.05, 4.69) is 83.4 Å². The quantitative estimate of drug-likeness (QED) is 0.235. The van der Waals surface area contributed by atoms with Crippen molar-refractivity contribution in [3.63, 3.8) is 0 Å². The van der Waals surface area contributed by atoms with E-state index in [0.717, 1.165) is 11.8 Å². The van der Waals surface area contributed by atoms with Gasteiger partial charge in [0.25, 0.3) is 0 Å². The molecule has 1 aromatic rings. The molecule has 0 N–H and O–H groups in total. The average molecular weight is 573 g/mol. The third-order valence-corrected chi connectivity index (χ3v) is 21.4. The van der Waals surface area contributed by atoms with Gasteiger partial charge in [-0.2, -0.15) is 0 Å². The summed E-state index contributed by atoms with van der Waals surface area (Å²) in [5, 5.41) is 0. The molecule has 1 aliphatic carbocycles. The van der Waals surface area contributed by atoms with Crippen LogP contribution >= 0.6 is 44.3 Å². The molecule has 0 spiro atoms. The molecular weight excluding hydrogens is 534 g/mol. The molecule has 2 atom stereocenters. The normalized spacial score (nSPS) is 19.8. The first-order valence-corrected chi connectivity index (χ1v) is 26.9. The topological polar surface area (TPSA) is 9.23 Å². The summed E-state index contributed by atoms with van der Waals surface area (Å²) in [6.45, 7) is 15.3. The molecule has 2 rings (SSSR count). The standard InChI is InChI=1S/C13H22Cl2OSi2.C9H16Cl2Si2/c1-11(10-18(5,14)15)12-7-6-8-13(9-12)16-17(2,3)4;1-9(2)7-5-4-6-8(9)13(10,11)12-3/h6-9,11H,10H2,1-5H3;4-8H,12H2,1-3H3. The van der Waals surface area contributed by atoms with Crippen molar-refractivity contribution in [1.29, 1.82) is 0 Å². The molecule has 1 aliphatic rings. The molecule has 0 bridgehead atoms. The highest BCUT2D eigenvalue weighted by Crippen LogP contribution is 2.46. The van der Waals surface area contributed by atoms with E-state index < -0.39 is 21.2 Å². The second-order valence-electron chi connectivity index (χ2n) is 10.1. The van der Waals surface area contributed by atoms with E-state index in [4.69, 9.17) is 48.7 Å². The molecule has 0 aromatic heterocycles. The van der Waals surface area contributed by atoms with E-state index >= 15 is 0 Å². The van der Waals surface area contributed by atoms with E-state index in [-0.39, 0.29) is 14.5 Å². The summed E-state index contributed by atoms with van der Waals surface area (Å²) < 4.78 is 6.01. The average Bonchev–Trinajstić information content (AvgIpc) is 2.59. The molecular formula is C22H38Cl4OSi4. The summed E-state index contributed by atoms with van der Waals surface area (Å²) in [6.07, 6.45) is 6.61. The van der Waals surface area contributed by atoms with Crippen LogP contribution in [0.25, 0.3) is 0 Å². The molecule has 0 fully saturated rings. The minimum Gasteiger partial charge on any atom is -0.544 e. The summed E-state index contributed by atoms with van der Waals surface area (Å²) in [5.74, 6) is 1.34. The van der Waals surface area contributed by atoms with Crippen LogP contribution in [-0.4, -0.2) is 30.3 Å². The minimum absolute atomic E-state index is 0.146. The van der Waals surface area contributed by atoms with Crippen molar-refractivity contribution in [2.75, 3.05) is 0 Å². The van der Waals surface area contributed by atoms with Gasteiger partial charge >= 0.3 is 0 Å². The predicted molar refractivity (Wildman–Crippen MR) is 155 cm³/mol. The third-order valence-electron chi connectivity index (χ3n) is 5.18. The smallest absolute Gasteiger partial charge is 0.249 e. The number of allylic oxidation sites excluding steroid dienone is 4. The van der Waals surface area contributed by atoms with Gasteiger partial charge in [-0.1, -0.05) is 63.8 Å². The Balaban J connectivity index is 0.000000327. The molecule has 2 unspecified atom stereocenters. The summed E-state index contributed by atoms with van der Waals surface area (Å²) in [5.41, 5.74) is 1.80. The van der Waals surface area contributed by atoms with Crippen molar-refractivity contribution < 1.29 is 4.43 Å². The van der Waals surface area contributed by atoms with Crippen LogP contribution in [0.2, 0.25) is 44.3 Å². The van der Waals surface area contributed by atoms with Gasteiger partial charge in [-0.3, -0.25) is 0 Å². The van der Waals surface area contributed by atoms with Gasteiger partial charge in [-0.15, -0.1) is 44.3 Å². The Morgan fingerprint density at radius 1 is 1.06 bits per heavy atom. The molecule has 0 radical (unpaired) electrons. The zero-order valence-corrected chi connectivity index (χ0v) is 27.5. The molecule has 0 saturated heterocycles. The molecule has 0 aliphatic heterocycles. The zero-order valence-electron chi connectivity index (χ0n) is 20.1. The van der Waals surface area contributed by atoms with Gasteiger partial charge in [-0.05, 0) is 61.3 Å². The van der Waals surface area contributed by atoms with Crippen molar-refractivity contribution in [3.05, 3.63) is 54.1 Å². The molecule has 9 heteroatoms. The number of hydrogen-bond acceptors (Lipinski definition) is 1. The highest BCUT2D eigenvalue weighted by atomic mass is 35.7. The molecule has 31 heavy (non-hydrogen) atoms.